The van der Waals surface area contributed by atoms with E-state index in [9.17, 15) is 15.0 Å². The van der Waals surface area contributed by atoms with Gasteiger partial charge in [-0.05, 0) is 62.2 Å². The monoisotopic (exact) mass is 462 g/mol. The number of aliphatic hydroxyl groups excluding tert-OH is 2. The Morgan fingerprint density at radius 3 is 2.65 bits per heavy atom. The number of rotatable bonds is 3. The minimum Gasteiger partial charge on any atom is -0.454 e. The van der Waals surface area contributed by atoms with Gasteiger partial charge in [0.25, 0.3) is 5.91 Å². The van der Waals surface area contributed by atoms with Crippen LogP contribution in [0.3, 0.4) is 0 Å². The molecular weight excluding hydrogens is 432 g/mol. The molecular formula is C27H30N2O5. The van der Waals surface area contributed by atoms with E-state index < -0.39 is 6.10 Å². The molecule has 3 heterocycles. The van der Waals surface area contributed by atoms with Crippen molar-refractivity contribution in [2.24, 2.45) is 0 Å². The van der Waals surface area contributed by atoms with Crippen LogP contribution in [-0.4, -0.2) is 77.1 Å². The minimum atomic E-state index is -0.665. The number of nitrogens with zero attached hydrogens (tertiary/aromatic N) is 2. The summed E-state index contributed by atoms with van der Waals surface area (Å²) in [5.74, 6) is 7.15. The van der Waals surface area contributed by atoms with Crippen molar-refractivity contribution in [3.05, 3.63) is 59.2 Å². The van der Waals surface area contributed by atoms with Gasteiger partial charge in [-0.2, -0.15) is 0 Å². The molecule has 0 spiro atoms. The van der Waals surface area contributed by atoms with Gasteiger partial charge in [-0.3, -0.25) is 9.69 Å². The zero-order chi connectivity index (χ0) is 23.7. The van der Waals surface area contributed by atoms with Gasteiger partial charge >= 0.3 is 0 Å². The molecule has 0 unspecified atom stereocenters. The standard InChI is InChI=1S/C27H30N2O5/c1-18(31)4-5-19-6-8-20(9-7-19)26-22-15-28(12-2-3-13-29(22)23(26)16-30)27(32)21-10-11-24-25(14-21)34-17-33-24/h6-11,14,18,22-23,26,30-31H,2-3,12-13,15-17H2,1H3/t18-,22-,23-,26-/m1/s1. The Kier molecular flexibility index (Phi) is 6.46. The third-order valence-electron chi connectivity index (χ3n) is 7.00. The average Bonchev–Trinajstić information content (AvgIpc) is 3.30. The predicted octanol–water partition coefficient (Wildman–Crippen LogP) is 2.21. The van der Waals surface area contributed by atoms with Crippen molar-refractivity contribution in [3.63, 3.8) is 0 Å². The molecule has 2 saturated heterocycles. The van der Waals surface area contributed by atoms with Crippen LogP contribution in [-0.2, 0) is 0 Å². The van der Waals surface area contributed by atoms with Crippen molar-refractivity contribution < 1.29 is 24.5 Å². The van der Waals surface area contributed by atoms with Gasteiger partial charge in [0.15, 0.2) is 11.5 Å². The van der Waals surface area contributed by atoms with E-state index in [0.29, 0.717) is 30.2 Å². The van der Waals surface area contributed by atoms with Crippen molar-refractivity contribution in [1.29, 1.82) is 0 Å². The number of carbonyl (C=O) groups excluding carboxylic acids is 1. The topological polar surface area (TPSA) is 82.5 Å². The van der Waals surface area contributed by atoms with Crippen LogP contribution in [0, 0.1) is 11.8 Å². The fraction of sp³-hybridized carbons (Fsp3) is 0.444. The molecule has 34 heavy (non-hydrogen) atoms. The van der Waals surface area contributed by atoms with Gasteiger partial charge in [-0.1, -0.05) is 24.0 Å². The maximum absolute atomic E-state index is 13.4. The number of hydrogen-bond donors (Lipinski definition) is 2. The molecule has 0 saturated carbocycles. The summed E-state index contributed by atoms with van der Waals surface area (Å²) in [6.45, 7) is 4.15. The van der Waals surface area contributed by atoms with Crippen LogP contribution < -0.4 is 9.47 Å². The summed E-state index contributed by atoms with van der Waals surface area (Å²) in [5, 5.41) is 19.6. The number of hydrogen-bond acceptors (Lipinski definition) is 6. The summed E-state index contributed by atoms with van der Waals surface area (Å²) in [7, 11) is 0. The molecule has 2 aromatic carbocycles. The highest BCUT2D eigenvalue weighted by molar-refractivity contribution is 5.95. The van der Waals surface area contributed by atoms with Crippen molar-refractivity contribution in [1.82, 2.24) is 9.80 Å². The molecule has 1 amide bonds. The number of carbonyl (C=O) groups is 1. The van der Waals surface area contributed by atoms with E-state index in [1.165, 1.54) is 0 Å². The number of aliphatic hydroxyl groups is 2. The first-order valence-corrected chi connectivity index (χ1v) is 11.9. The minimum absolute atomic E-state index is 0.00454. The predicted molar refractivity (Wildman–Crippen MR) is 127 cm³/mol. The summed E-state index contributed by atoms with van der Waals surface area (Å²) < 4.78 is 10.8. The molecule has 7 heteroatoms. The van der Waals surface area contributed by atoms with Crippen LogP contribution in [0.25, 0.3) is 0 Å². The van der Waals surface area contributed by atoms with Crippen molar-refractivity contribution in [2.75, 3.05) is 33.0 Å². The number of ether oxygens (including phenoxy) is 2. The molecule has 3 aliphatic rings. The summed E-state index contributed by atoms with van der Waals surface area (Å²) in [5.41, 5.74) is 2.59. The Hall–Kier alpha value is -3.05. The third kappa shape index (κ3) is 4.37. The molecule has 0 radical (unpaired) electrons. The molecule has 0 aliphatic carbocycles. The highest BCUT2D eigenvalue weighted by atomic mass is 16.7. The van der Waals surface area contributed by atoms with Crippen molar-refractivity contribution in [3.8, 4) is 23.3 Å². The third-order valence-corrected chi connectivity index (χ3v) is 7.00. The Bertz CT molecular complexity index is 1100. The first-order chi connectivity index (χ1) is 16.5. The number of benzene rings is 2. The van der Waals surface area contributed by atoms with Gasteiger partial charge in [0.1, 0.15) is 6.10 Å². The lowest BCUT2D eigenvalue weighted by molar-refractivity contribution is -0.0606. The lowest BCUT2D eigenvalue weighted by atomic mass is 9.74. The molecule has 178 valence electrons. The largest absolute Gasteiger partial charge is 0.454 e. The highest BCUT2D eigenvalue weighted by Gasteiger charge is 2.49. The first kappa shape index (κ1) is 22.7. The fourth-order valence-corrected chi connectivity index (χ4v) is 5.31. The summed E-state index contributed by atoms with van der Waals surface area (Å²) in [4.78, 5) is 17.7. The van der Waals surface area contributed by atoms with Gasteiger partial charge in [-0.25, -0.2) is 0 Å². The summed E-state index contributed by atoms with van der Waals surface area (Å²) in [6, 6.07) is 13.6. The SMILES string of the molecule is C[C@@H](O)C#Cc1ccc([C@H]2[C@@H](CO)N3CCCCN(C(=O)c4ccc5c(c4)OCO5)C[C@H]23)cc1. The molecule has 0 aromatic heterocycles. The van der Waals surface area contributed by atoms with E-state index in [1.54, 1.807) is 25.1 Å². The quantitative estimate of drug-likeness (QED) is 0.681. The fourth-order valence-electron chi connectivity index (χ4n) is 5.31. The molecule has 4 atom stereocenters. The van der Waals surface area contributed by atoms with Crippen molar-refractivity contribution >= 4 is 5.91 Å². The smallest absolute Gasteiger partial charge is 0.254 e. The highest BCUT2D eigenvalue weighted by Crippen LogP contribution is 2.42. The Balaban J connectivity index is 1.37. The molecule has 0 bridgehead atoms. The van der Waals surface area contributed by atoms with Crippen LogP contribution in [0.1, 0.15) is 47.2 Å². The van der Waals surface area contributed by atoms with E-state index in [4.69, 9.17) is 9.47 Å². The van der Waals surface area contributed by atoms with Crippen LogP contribution in [0.5, 0.6) is 11.5 Å². The van der Waals surface area contributed by atoms with E-state index in [2.05, 4.69) is 28.9 Å². The van der Waals surface area contributed by atoms with Gasteiger partial charge in [0, 0.05) is 42.2 Å². The molecule has 7 nitrogen and oxygen atoms in total. The zero-order valence-corrected chi connectivity index (χ0v) is 19.3. The van der Waals surface area contributed by atoms with Crippen LogP contribution in [0.4, 0.5) is 0 Å². The molecule has 2 fully saturated rings. The molecule has 2 aromatic rings. The van der Waals surface area contributed by atoms with Crippen LogP contribution >= 0.6 is 0 Å². The molecule has 5 rings (SSSR count). The molecule has 3 aliphatic heterocycles. The van der Waals surface area contributed by atoms with Gasteiger partial charge in [0.05, 0.1) is 6.61 Å². The summed E-state index contributed by atoms with van der Waals surface area (Å²) in [6.07, 6.45) is 1.25. The maximum atomic E-state index is 13.4. The number of amides is 1. The van der Waals surface area contributed by atoms with Gasteiger partial charge in [-0.15, -0.1) is 0 Å². The molecule has 2 N–H and O–H groups in total. The van der Waals surface area contributed by atoms with E-state index in [0.717, 1.165) is 30.5 Å². The van der Waals surface area contributed by atoms with Crippen LogP contribution in [0.2, 0.25) is 0 Å². The Morgan fingerprint density at radius 1 is 1.12 bits per heavy atom. The second kappa shape index (κ2) is 9.67. The van der Waals surface area contributed by atoms with Crippen LogP contribution in [0.15, 0.2) is 42.5 Å². The van der Waals surface area contributed by atoms with Gasteiger partial charge in [0.2, 0.25) is 6.79 Å². The lowest BCUT2D eigenvalue weighted by Gasteiger charge is -2.57. The number of fused-ring (bicyclic) bond motifs is 2. The van der Waals surface area contributed by atoms with Crippen molar-refractivity contribution in [2.45, 2.75) is 43.9 Å². The zero-order valence-electron chi connectivity index (χ0n) is 19.3. The van der Waals surface area contributed by atoms with E-state index >= 15 is 0 Å². The first-order valence-electron chi connectivity index (χ1n) is 11.9. The van der Waals surface area contributed by atoms with Gasteiger partial charge < -0.3 is 24.6 Å². The normalized spacial score (nSPS) is 24.7. The second-order valence-electron chi connectivity index (χ2n) is 9.17. The second-order valence-corrected chi connectivity index (χ2v) is 9.17. The Labute approximate surface area is 199 Å². The Morgan fingerprint density at radius 2 is 1.88 bits per heavy atom. The lowest BCUT2D eigenvalue weighted by Crippen LogP contribution is -2.67. The maximum Gasteiger partial charge on any atom is 0.254 e. The van der Waals surface area contributed by atoms with E-state index in [-0.39, 0.29) is 37.3 Å². The summed E-state index contributed by atoms with van der Waals surface area (Å²) >= 11 is 0. The average molecular weight is 463 g/mol. The van der Waals surface area contributed by atoms with E-state index in [1.807, 2.05) is 17.0 Å².